The van der Waals surface area contributed by atoms with Gasteiger partial charge in [-0.15, -0.1) is 0 Å². The Morgan fingerprint density at radius 3 is 2.79 bits per heavy atom. The molecule has 0 aromatic heterocycles. The van der Waals surface area contributed by atoms with Gasteiger partial charge in [0.1, 0.15) is 0 Å². The number of carbonyl (C=O) groups is 1. The first-order valence-electron chi connectivity index (χ1n) is 5.13. The molecule has 1 saturated heterocycles. The van der Waals surface area contributed by atoms with Gasteiger partial charge in [0.25, 0.3) is 0 Å². The van der Waals surface area contributed by atoms with Gasteiger partial charge in [0.05, 0.1) is 12.1 Å². The van der Waals surface area contributed by atoms with Crippen molar-refractivity contribution in [3.8, 4) is 0 Å². The molecule has 1 heterocycles. The standard InChI is InChI=1S/C10H20N2O2/c1-7-4-5-12(6-9(7)14-3)10(13)8(2)11/h7-9H,4-6,11H2,1-3H3. The van der Waals surface area contributed by atoms with Crippen molar-refractivity contribution in [3.05, 3.63) is 0 Å². The maximum absolute atomic E-state index is 11.6. The normalized spacial score (nSPS) is 30.1. The molecule has 82 valence electrons. The summed E-state index contributed by atoms with van der Waals surface area (Å²) in [5, 5.41) is 0. The monoisotopic (exact) mass is 200 g/mol. The van der Waals surface area contributed by atoms with E-state index in [9.17, 15) is 4.79 Å². The topological polar surface area (TPSA) is 55.6 Å². The Labute approximate surface area is 85.4 Å². The van der Waals surface area contributed by atoms with Gasteiger partial charge in [0.2, 0.25) is 5.91 Å². The Balaban J connectivity index is 2.54. The molecular weight excluding hydrogens is 180 g/mol. The summed E-state index contributed by atoms with van der Waals surface area (Å²) in [7, 11) is 1.70. The lowest BCUT2D eigenvalue weighted by atomic mass is 9.95. The number of carbonyl (C=O) groups excluding carboxylic acids is 1. The first-order valence-corrected chi connectivity index (χ1v) is 5.13. The van der Waals surface area contributed by atoms with Gasteiger partial charge in [-0.1, -0.05) is 6.92 Å². The lowest BCUT2D eigenvalue weighted by molar-refractivity contribution is -0.137. The number of nitrogens with zero attached hydrogens (tertiary/aromatic N) is 1. The second-order valence-corrected chi connectivity index (χ2v) is 4.11. The molecule has 14 heavy (non-hydrogen) atoms. The zero-order valence-electron chi connectivity index (χ0n) is 9.19. The largest absolute Gasteiger partial charge is 0.379 e. The molecule has 0 aromatic rings. The van der Waals surface area contributed by atoms with E-state index in [1.165, 1.54) is 0 Å². The van der Waals surface area contributed by atoms with Gasteiger partial charge in [-0.2, -0.15) is 0 Å². The second kappa shape index (κ2) is 4.75. The van der Waals surface area contributed by atoms with Gasteiger partial charge in [0, 0.05) is 20.2 Å². The summed E-state index contributed by atoms with van der Waals surface area (Å²) in [5.74, 6) is 0.552. The van der Waals surface area contributed by atoms with Crippen LogP contribution in [0.1, 0.15) is 20.3 Å². The summed E-state index contributed by atoms with van der Waals surface area (Å²) in [4.78, 5) is 13.4. The highest BCUT2D eigenvalue weighted by molar-refractivity contribution is 5.81. The number of piperidine rings is 1. The molecule has 0 bridgehead atoms. The number of likely N-dealkylation sites (tertiary alicyclic amines) is 1. The van der Waals surface area contributed by atoms with Gasteiger partial charge < -0.3 is 15.4 Å². The number of rotatable bonds is 2. The van der Waals surface area contributed by atoms with Crippen molar-refractivity contribution in [3.63, 3.8) is 0 Å². The van der Waals surface area contributed by atoms with Crippen molar-refractivity contribution >= 4 is 5.91 Å². The molecule has 1 amide bonds. The van der Waals surface area contributed by atoms with Crippen LogP contribution < -0.4 is 5.73 Å². The smallest absolute Gasteiger partial charge is 0.239 e. The molecule has 0 spiro atoms. The molecular formula is C10H20N2O2. The summed E-state index contributed by atoms with van der Waals surface area (Å²) >= 11 is 0. The Morgan fingerprint density at radius 1 is 1.64 bits per heavy atom. The van der Waals surface area contributed by atoms with Crippen LogP contribution in [-0.2, 0) is 9.53 Å². The van der Waals surface area contributed by atoms with Crippen molar-refractivity contribution in [2.24, 2.45) is 11.7 Å². The van der Waals surface area contributed by atoms with E-state index in [-0.39, 0.29) is 12.0 Å². The van der Waals surface area contributed by atoms with Gasteiger partial charge in [-0.3, -0.25) is 4.79 Å². The molecule has 3 atom stereocenters. The van der Waals surface area contributed by atoms with Crippen LogP contribution in [0.5, 0.6) is 0 Å². The fourth-order valence-electron chi connectivity index (χ4n) is 1.83. The molecule has 3 unspecified atom stereocenters. The fraction of sp³-hybridized carbons (Fsp3) is 0.900. The highest BCUT2D eigenvalue weighted by Gasteiger charge is 2.29. The Morgan fingerprint density at radius 2 is 2.29 bits per heavy atom. The van der Waals surface area contributed by atoms with Gasteiger partial charge in [-0.25, -0.2) is 0 Å². The maximum atomic E-state index is 11.6. The van der Waals surface area contributed by atoms with E-state index >= 15 is 0 Å². The van der Waals surface area contributed by atoms with Crippen LogP contribution >= 0.6 is 0 Å². The third-order valence-electron chi connectivity index (χ3n) is 2.89. The van der Waals surface area contributed by atoms with Crippen molar-refractivity contribution in [2.75, 3.05) is 20.2 Å². The van der Waals surface area contributed by atoms with Gasteiger partial charge in [0.15, 0.2) is 0 Å². The average molecular weight is 200 g/mol. The third kappa shape index (κ3) is 2.45. The molecule has 1 fully saturated rings. The van der Waals surface area contributed by atoms with E-state index in [1.54, 1.807) is 18.9 Å². The van der Waals surface area contributed by atoms with E-state index in [2.05, 4.69) is 6.92 Å². The lowest BCUT2D eigenvalue weighted by Gasteiger charge is -2.36. The van der Waals surface area contributed by atoms with Crippen LogP contribution in [0.15, 0.2) is 0 Å². The predicted molar refractivity (Wildman–Crippen MR) is 54.8 cm³/mol. The van der Waals surface area contributed by atoms with Crippen molar-refractivity contribution in [1.82, 2.24) is 4.90 Å². The number of nitrogens with two attached hydrogens (primary N) is 1. The minimum absolute atomic E-state index is 0.0268. The molecule has 0 aliphatic carbocycles. The van der Waals surface area contributed by atoms with Gasteiger partial charge >= 0.3 is 0 Å². The van der Waals surface area contributed by atoms with Crippen LogP contribution in [0.4, 0.5) is 0 Å². The molecule has 4 nitrogen and oxygen atoms in total. The molecule has 0 radical (unpaired) electrons. The fourth-order valence-corrected chi connectivity index (χ4v) is 1.83. The number of methoxy groups -OCH3 is 1. The molecule has 0 saturated carbocycles. The predicted octanol–water partition coefficient (Wildman–Crippen LogP) is 0.217. The quantitative estimate of drug-likeness (QED) is 0.693. The Kier molecular flexibility index (Phi) is 3.89. The SMILES string of the molecule is COC1CN(C(=O)C(C)N)CCC1C. The van der Waals surface area contributed by atoms with E-state index in [1.807, 2.05) is 0 Å². The zero-order chi connectivity index (χ0) is 10.7. The van der Waals surface area contributed by atoms with Crippen LogP contribution in [-0.4, -0.2) is 43.2 Å². The minimum Gasteiger partial charge on any atom is -0.379 e. The maximum Gasteiger partial charge on any atom is 0.239 e. The zero-order valence-corrected chi connectivity index (χ0v) is 9.19. The summed E-state index contributed by atoms with van der Waals surface area (Å²) in [5.41, 5.74) is 5.56. The Bertz CT molecular complexity index is 206. The average Bonchev–Trinajstić information content (AvgIpc) is 2.17. The summed E-state index contributed by atoms with van der Waals surface area (Å²) in [6, 6.07) is -0.402. The van der Waals surface area contributed by atoms with Crippen LogP contribution in [0.25, 0.3) is 0 Å². The number of hydrogen-bond acceptors (Lipinski definition) is 3. The second-order valence-electron chi connectivity index (χ2n) is 4.11. The van der Waals surface area contributed by atoms with E-state index in [0.717, 1.165) is 13.0 Å². The highest BCUT2D eigenvalue weighted by atomic mass is 16.5. The lowest BCUT2D eigenvalue weighted by Crippen LogP contribution is -2.51. The number of hydrogen-bond donors (Lipinski definition) is 1. The number of amides is 1. The van der Waals surface area contributed by atoms with Gasteiger partial charge in [-0.05, 0) is 19.3 Å². The summed E-state index contributed by atoms with van der Waals surface area (Å²) < 4.78 is 5.33. The summed E-state index contributed by atoms with van der Waals surface area (Å²) in [6.07, 6.45) is 1.16. The molecule has 1 aliphatic heterocycles. The first-order chi connectivity index (χ1) is 6.56. The molecule has 1 aliphatic rings. The van der Waals surface area contributed by atoms with Crippen molar-refractivity contribution in [1.29, 1.82) is 0 Å². The van der Waals surface area contributed by atoms with E-state index in [4.69, 9.17) is 10.5 Å². The summed E-state index contributed by atoms with van der Waals surface area (Å²) in [6.45, 7) is 5.36. The first kappa shape index (κ1) is 11.5. The third-order valence-corrected chi connectivity index (χ3v) is 2.89. The van der Waals surface area contributed by atoms with E-state index < -0.39 is 6.04 Å². The molecule has 1 rings (SSSR count). The van der Waals surface area contributed by atoms with Crippen LogP contribution in [0.3, 0.4) is 0 Å². The minimum atomic E-state index is -0.402. The van der Waals surface area contributed by atoms with E-state index in [0.29, 0.717) is 12.5 Å². The highest BCUT2D eigenvalue weighted by Crippen LogP contribution is 2.19. The van der Waals surface area contributed by atoms with Crippen LogP contribution in [0, 0.1) is 5.92 Å². The van der Waals surface area contributed by atoms with Crippen LogP contribution in [0.2, 0.25) is 0 Å². The van der Waals surface area contributed by atoms with Crippen molar-refractivity contribution in [2.45, 2.75) is 32.4 Å². The van der Waals surface area contributed by atoms with Crippen molar-refractivity contribution < 1.29 is 9.53 Å². The molecule has 2 N–H and O–H groups in total. The number of ether oxygens (including phenoxy) is 1. The molecule has 4 heteroatoms. The molecule has 0 aromatic carbocycles. The Hall–Kier alpha value is -0.610.